The molecule has 0 atom stereocenters. The van der Waals surface area contributed by atoms with Crippen molar-refractivity contribution in [3.63, 3.8) is 0 Å². The normalized spacial score (nSPS) is 16.8. The highest BCUT2D eigenvalue weighted by molar-refractivity contribution is 7.89. The number of hydrogen-bond acceptors (Lipinski definition) is 3. The topological polar surface area (TPSA) is 70.9 Å². The van der Waals surface area contributed by atoms with E-state index in [1.54, 1.807) is 16.4 Å². The van der Waals surface area contributed by atoms with Crippen LogP contribution in [0.4, 0.5) is 0 Å². The minimum atomic E-state index is -3.46. The lowest BCUT2D eigenvalue weighted by molar-refractivity contribution is -0.895. The molecule has 1 aliphatic rings. The first-order valence-corrected chi connectivity index (χ1v) is 10.9. The van der Waals surface area contributed by atoms with E-state index in [4.69, 9.17) is 0 Å². The van der Waals surface area contributed by atoms with Gasteiger partial charge in [0.25, 0.3) is 5.91 Å². The number of carbonyl (C=O) groups excluding carboxylic acids is 1. The smallest absolute Gasteiger partial charge is 0.275 e. The molecule has 26 heavy (non-hydrogen) atoms. The number of nitrogens with one attached hydrogen (secondary N) is 2. The van der Waals surface area contributed by atoms with Gasteiger partial charge in [0.05, 0.1) is 31.1 Å². The summed E-state index contributed by atoms with van der Waals surface area (Å²) in [7, 11) is -3.46. The largest absolute Gasteiger partial charge is 0.349 e. The molecule has 1 fully saturated rings. The van der Waals surface area contributed by atoms with Gasteiger partial charge in [-0.15, -0.1) is 0 Å². The fourth-order valence-electron chi connectivity index (χ4n) is 3.24. The number of quaternary nitrogens is 1. The summed E-state index contributed by atoms with van der Waals surface area (Å²) < 4.78 is 27.2. The number of nitrogens with zero attached hydrogens (tertiary/aromatic N) is 1. The van der Waals surface area contributed by atoms with Gasteiger partial charge in [0.2, 0.25) is 10.0 Å². The lowest BCUT2D eigenvalue weighted by Gasteiger charge is -2.31. The third-order valence-corrected chi connectivity index (χ3v) is 7.20. The molecule has 7 heteroatoms. The maximum atomic E-state index is 12.8. The van der Waals surface area contributed by atoms with Crippen molar-refractivity contribution < 1.29 is 18.1 Å². The minimum Gasteiger partial charge on any atom is -0.349 e. The van der Waals surface area contributed by atoms with Crippen LogP contribution in [-0.4, -0.2) is 57.4 Å². The molecule has 0 bridgehead atoms. The van der Waals surface area contributed by atoms with Gasteiger partial charge in [-0.2, -0.15) is 4.31 Å². The van der Waals surface area contributed by atoms with Gasteiger partial charge in [-0.25, -0.2) is 8.42 Å². The molecular formula is C19H32N3O3S+. The molecule has 0 spiro atoms. The molecule has 1 heterocycles. The number of aryl methyl sites for hydroxylation is 2. The van der Waals surface area contributed by atoms with Crippen LogP contribution >= 0.6 is 0 Å². The van der Waals surface area contributed by atoms with Crippen LogP contribution < -0.4 is 10.2 Å². The number of carbonyl (C=O) groups is 1. The lowest BCUT2D eigenvalue weighted by atomic mass is 10.1. The summed E-state index contributed by atoms with van der Waals surface area (Å²) in [5.41, 5.74) is 2.06. The van der Waals surface area contributed by atoms with Gasteiger partial charge in [-0.05, 0) is 49.9 Å². The molecule has 1 aromatic rings. The van der Waals surface area contributed by atoms with Gasteiger partial charge in [0.1, 0.15) is 0 Å². The number of hydrogen-bond donors (Lipinski definition) is 2. The van der Waals surface area contributed by atoms with Crippen LogP contribution in [0, 0.1) is 13.8 Å². The SMILES string of the molecule is CCC(CC)NC(=O)C[NH+]1CCN(S(=O)(=O)c2ccc(C)c(C)c2)CC1. The van der Waals surface area contributed by atoms with E-state index in [-0.39, 0.29) is 11.9 Å². The first-order valence-electron chi connectivity index (χ1n) is 9.48. The third-order valence-electron chi connectivity index (χ3n) is 5.31. The Morgan fingerprint density at radius 1 is 1.15 bits per heavy atom. The molecule has 0 aliphatic carbocycles. The van der Waals surface area contributed by atoms with Crippen LogP contribution in [0.5, 0.6) is 0 Å². The zero-order valence-electron chi connectivity index (χ0n) is 16.3. The first-order chi connectivity index (χ1) is 12.3. The zero-order chi connectivity index (χ0) is 19.3. The van der Waals surface area contributed by atoms with Crippen molar-refractivity contribution in [3.05, 3.63) is 29.3 Å². The Morgan fingerprint density at radius 3 is 2.31 bits per heavy atom. The Bertz CT molecular complexity index is 722. The highest BCUT2D eigenvalue weighted by atomic mass is 32.2. The number of benzene rings is 1. The summed E-state index contributed by atoms with van der Waals surface area (Å²) in [6, 6.07) is 5.51. The molecular weight excluding hydrogens is 350 g/mol. The van der Waals surface area contributed by atoms with Crippen LogP contribution in [0.3, 0.4) is 0 Å². The van der Waals surface area contributed by atoms with Crippen molar-refractivity contribution in [2.75, 3.05) is 32.7 Å². The molecule has 0 unspecified atom stereocenters. The monoisotopic (exact) mass is 382 g/mol. The summed E-state index contributed by atoms with van der Waals surface area (Å²) in [6.07, 6.45) is 1.86. The van der Waals surface area contributed by atoms with E-state index in [1.165, 1.54) is 0 Å². The van der Waals surface area contributed by atoms with Crippen LogP contribution in [0.15, 0.2) is 23.1 Å². The van der Waals surface area contributed by atoms with E-state index in [1.807, 2.05) is 19.9 Å². The van der Waals surface area contributed by atoms with Gasteiger partial charge in [0, 0.05) is 6.04 Å². The second kappa shape index (κ2) is 8.97. The van der Waals surface area contributed by atoms with Crippen molar-refractivity contribution in [1.29, 1.82) is 0 Å². The van der Waals surface area contributed by atoms with Crippen LogP contribution in [0.2, 0.25) is 0 Å². The van der Waals surface area contributed by atoms with E-state index in [2.05, 4.69) is 19.2 Å². The first kappa shape index (κ1) is 20.9. The van der Waals surface area contributed by atoms with E-state index in [0.29, 0.717) is 37.6 Å². The van der Waals surface area contributed by atoms with Crippen LogP contribution in [0.1, 0.15) is 37.8 Å². The second-order valence-corrected chi connectivity index (χ2v) is 9.10. The average Bonchev–Trinajstić information content (AvgIpc) is 2.62. The Labute approximate surface area is 157 Å². The quantitative estimate of drug-likeness (QED) is 0.721. The molecule has 0 saturated carbocycles. The van der Waals surface area contributed by atoms with E-state index in [9.17, 15) is 13.2 Å². The molecule has 0 radical (unpaired) electrons. The number of rotatable bonds is 7. The van der Waals surface area contributed by atoms with Gasteiger partial charge in [-0.1, -0.05) is 19.9 Å². The van der Waals surface area contributed by atoms with Gasteiger partial charge in [-0.3, -0.25) is 4.79 Å². The molecule has 2 rings (SSSR count). The molecule has 2 N–H and O–H groups in total. The number of sulfonamides is 1. The summed E-state index contributed by atoms with van der Waals surface area (Å²) >= 11 is 0. The molecule has 1 saturated heterocycles. The minimum absolute atomic E-state index is 0.0548. The van der Waals surface area contributed by atoms with Crippen LogP contribution in [-0.2, 0) is 14.8 Å². The summed E-state index contributed by atoms with van der Waals surface area (Å²) in [5.74, 6) is 0.0548. The summed E-state index contributed by atoms with van der Waals surface area (Å²) in [4.78, 5) is 13.6. The molecule has 1 amide bonds. The maximum Gasteiger partial charge on any atom is 0.275 e. The second-order valence-electron chi connectivity index (χ2n) is 7.16. The highest BCUT2D eigenvalue weighted by Crippen LogP contribution is 2.19. The van der Waals surface area contributed by atoms with Crippen molar-refractivity contribution in [2.45, 2.75) is 51.5 Å². The molecule has 6 nitrogen and oxygen atoms in total. The summed E-state index contributed by atoms with van der Waals surface area (Å²) in [6.45, 7) is 10.6. The Kier molecular flexibility index (Phi) is 7.20. The summed E-state index contributed by atoms with van der Waals surface area (Å²) in [5, 5.41) is 3.05. The lowest BCUT2D eigenvalue weighted by Crippen LogP contribution is -3.15. The van der Waals surface area contributed by atoms with Gasteiger partial charge < -0.3 is 10.2 Å². The Balaban J connectivity index is 1.93. The fourth-order valence-corrected chi connectivity index (χ4v) is 4.77. The van der Waals surface area contributed by atoms with Crippen molar-refractivity contribution in [2.24, 2.45) is 0 Å². The van der Waals surface area contributed by atoms with E-state index < -0.39 is 10.0 Å². The average molecular weight is 383 g/mol. The van der Waals surface area contributed by atoms with Crippen molar-refractivity contribution in [1.82, 2.24) is 9.62 Å². The number of amides is 1. The zero-order valence-corrected chi connectivity index (χ0v) is 17.2. The predicted octanol–water partition coefficient (Wildman–Crippen LogP) is 0.497. The fraction of sp³-hybridized carbons (Fsp3) is 0.632. The van der Waals surface area contributed by atoms with E-state index in [0.717, 1.165) is 28.9 Å². The van der Waals surface area contributed by atoms with Crippen LogP contribution in [0.25, 0.3) is 0 Å². The van der Waals surface area contributed by atoms with E-state index >= 15 is 0 Å². The van der Waals surface area contributed by atoms with Gasteiger partial charge >= 0.3 is 0 Å². The number of piperazine rings is 1. The Hall–Kier alpha value is -1.44. The maximum absolute atomic E-state index is 12.8. The predicted molar refractivity (Wildman–Crippen MR) is 103 cm³/mol. The Morgan fingerprint density at radius 2 is 1.77 bits per heavy atom. The molecule has 146 valence electrons. The highest BCUT2D eigenvalue weighted by Gasteiger charge is 2.31. The molecule has 1 aliphatic heterocycles. The third kappa shape index (κ3) is 5.05. The van der Waals surface area contributed by atoms with Gasteiger partial charge in [0.15, 0.2) is 6.54 Å². The molecule has 0 aromatic heterocycles. The standard InChI is InChI=1S/C19H31N3O3S/c1-5-17(6-2)20-19(23)14-21-9-11-22(12-10-21)26(24,25)18-8-7-15(3)16(4)13-18/h7-8,13,17H,5-6,9-12,14H2,1-4H3,(H,20,23)/p+1. The van der Waals surface area contributed by atoms with Crippen molar-refractivity contribution >= 4 is 15.9 Å². The van der Waals surface area contributed by atoms with Crippen molar-refractivity contribution in [3.8, 4) is 0 Å². The molecule has 1 aromatic carbocycles.